The molecule has 0 aromatic heterocycles. The first kappa shape index (κ1) is 13.3. The zero-order valence-electron chi connectivity index (χ0n) is 8.77. The van der Waals surface area contributed by atoms with Crippen LogP contribution in [0.1, 0.15) is 31.7 Å². The first-order valence-corrected chi connectivity index (χ1v) is 6.89. The molecule has 0 aliphatic heterocycles. The summed E-state index contributed by atoms with van der Waals surface area (Å²) in [5.41, 5.74) is 1.07. The predicted molar refractivity (Wildman–Crippen MR) is 72.4 cm³/mol. The first-order chi connectivity index (χ1) is 7.15. The second-order valence-corrected chi connectivity index (χ2v) is 5.73. The first-order valence-electron chi connectivity index (χ1n) is 5.22. The molecule has 0 fully saturated rings. The third-order valence-corrected chi connectivity index (χ3v) is 4.00. The van der Waals surface area contributed by atoms with Crippen LogP contribution >= 0.6 is 39.1 Å². The standard InChI is InChI=1S/C12H15BrCl2/c1-2-4-9(13)7-8-10-11(14)5-3-6-12(10)15/h3,5-6,9H,2,4,7-8H2,1H3. The summed E-state index contributed by atoms with van der Waals surface area (Å²) in [6.07, 6.45) is 4.42. The smallest absolute Gasteiger partial charge is 0.0452 e. The number of hydrogen-bond donors (Lipinski definition) is 0. The summed E-state index contributed by atoms with van der Waals surface area (Å²) in [6, 6.07) is 5.67. The average Bonchev–Trinajstić information content (AvgIpc) is 2.17. The van der Waals surface area contributed by atoms with Crippen molar-refractivity contribution in [2.75, 3.05) is 0 Å². The Balaban J connectivity index is 2.57. The molecule has 0 N–H and O–H groups in total. The lowest BCUT2D eigenvalue weighted by molar-refractivity contribution is 0.693. The van der Waals surface area contributed by atoms with Gasteiger partial charge in [-0.15, -0.1) is 0 Å². The molecule has 1 aromatic carbocycles. The second kappa shape index (κ2) is 6.78. The quantitative estimate of drug-likeness (QED) is 0.631. The maximum absolute atomic E-state index is 6.09. The van der Waals surface area contributed by atoms with E-state index in [0.717, 1.165) is 28.5 Å². The van der Waals surface area contributed by atoms with Crippen LogP contribution < -0.4 is 0 Å². The van der Waals surface area contributed by atoms with Gasteiger partial charge in [0.15, 0.2) is 0 Å². The van der Waals surface area contributed by atoms with Crippen LogP contribution in [0.2, 0.25) is 10.0 Å². The molecule has 0 heterocycles. The Kier molecular flexibility index (Phi) is 6.03. The highest BCUT2D eigenvalue weighted by Gasteiger charge is 2.08. The highest BCUT2D eigenvalue weighted by atomic mass is 79.9. The van der Waals surface area contributed by atoms with E-state index in [1.54, 1.807) is 0 Å². The van der Waals surface area contributed by atoms with Crippen molar-refractivity contribution in [3.8, 4) is 0 Å². The van der Waals surface area contributed by atoms with Crippen LogP contribution in [0.15, 0.2) is 18.2 Å². The number of benzene rings is 1. The van der Waals surface area contributed by atoms with Crippen LogP contribution in [-0.2, 0) is 6.42 Å². The predicted octanol–water partition coefficient (Wildman–Crippen LogP) is 5.49. The molecule has 0 radical (unpaired) electrons. The van der Waals surface area contributed by atoms with Crippen molar-refractivity contribution in [2.24, 2.45) is 0 Å². The zero-order valence-corrected chi connectivity index (χ0v) is 11.9. The molecule has 0 saturated heterocycles. The lowest BCUT2D eigenvalue weighted by Gasteiger charge is -2.10. The van der Waals surface area contributed by atoms with Crippen molar-refractivity contribution in [1.82, 2.24) is 0 Å². The molecule has 1 unspecified atom stereocenters. The van der Waals surface area contributed by atoms with Crippen LogP contribution in [0.3, 0.4) is 0 Å². The molecule has 0 aliphatic carbocycles. The molecule has 1 aromatic rings. The van der Waals surface area contributed by atoms with Crippen LogP contribution in [0.5, 0.6) is 0 Å². The van der Waals surface area contributed by atoms with Gasteiger partial charge < -0.3 is 0 Å². The van der Waals surface area contributed by atoms with E-state index in [-0.39, 0.29) is 0 Å². The Morgan fingerprint density at radius 1 is 1.20 bits per heavy atom. The van der Waals surface area contributed by atoms with Gasteiger partial charge in [0.25, 0.3) is 0 Å². The molecule has 0 aliphatic rings. The summed E-state index contributed by atoms with van der Waals surface area (Å²) in [5.74, 6) is 0. The van der Waals surface area contributed by atoms with Crippen molar-refractivity contribution in [3.63, 3.8) is 0 Å². The molecule has 1 atom stereocenters. The molecule has 0 nitrogen and oxygen atoms in total. The summed E-state index contributed by atoms with van der Waals surface area (Å²) in [5, 5.41) is 1.55. The fraction of sp³-hybridized carbons (Fsp3) is 0.500. The van der Waals surface area contributed by atoms with E-state index in [4.69, 9.17) is 23.2 Å². The molecule has 84 valence electrons. The fourth-order valence-corrected chi connectivity index (χ4v) is 2.80. The van der Waals surface area contributed by atoms with E-state index in [1.165, 1.54) is 12.8 Å². The van der Waals surface area contributed by atoms with E-state index >= 15 is 0 Å². The SMILES string of the molecule is CCCC(Br)CCc1c(Cl)cccc1Cl. The molecule has 3 heteroatoms. The fourth-order valence-electron chi connectivity index (χ4n) is 1.53. The van der Waals surface area contributed by atoms with Crippen molar-refractivity contribution in [2.45, 2.75) is 37.4 Å². The van der Waals surface area contributed by atoms with E-state index in [9.17, 15) is 0 Å². The molecule has 15 heavy (non-hydrogen) atoms. The Bertz CT molecular complexity index is 292. The normalized spacial score (nSPS) is 12.8. The largest absolute Gasteiger partial charge is 0.0891 e. The second-order valence-electron chi connectivity index (χ2n) is 3.62. The number of alkyl halides is 1. The monoisotopic (exact) mass is 308 g/mol. The molecule has 0 saturated carbocycles. The van der Waals surface area contributed by atoms with Crippen LogP contribution in [0.4, 0.5) is 0 Å². The molecular weight excluding hydrogens is 295 g/mol. The van der Waals surface area contributed by atoms with E-state index in [1.807, 2.05) is 18.2 Å². The number of halogens is 3. The van der Waals surface area contributed by atoms with Gasteiger partial charge in [0.2, 0.25) is 0 Å². The van der Waals surface area contributed by atoms with Gasteiger partial charge in [-0.25, -0.2) is 0 Å². The Morgan fingerprint density at radius 2 is 1.80 bits per heavy atom. The Morgan fingerprint density at radius 3 is 2.33 bits per heavy atom. The molecular formula is C12H15BrCl2. The minimum absolute atomic E-state index is 0.565. The van der Waals surface area contributed by atoms with Crippen molar-refractivity contribution in [1.29, 1.82) is 0 Å². The molecule has 0 amide bonds. The lowest BCUT2D eigenvalue weighted by Crippen LogP contribution is -2.00. The topological polar surface area (TPSA) is 0 Å². The third kappa shape index (κ3) is 4.34. The summed E-state index contributed by atoms with van der Waals surface area (Å²) in [6.45, 7) is 2.19. The third-order valence-electron chi connectivity index (χ3n) is 2.37. The minimum Gasteiger partial charge on any atom is -0.0891 e. The number of rotatable bonds is 5. The van der Waals surface area contributed by atoms with Gasteiger partial charge in [0, 0.05) is 14.9 Å². The average molecular weight is 310 g/mol. The van der Waals surface area contributed by atoms with Gasteiger partial charge in [-0.2, -0.15) is 0 Å². The summed E-state index contributed by atoms with van der Waals surface area (Å²) < 4.78 is 0. The Hall–Kier alpha value is 0.280. The van der Waals surface area contributed by atoms with E-state index < -0.39 is 0 Å². The van der Waals surface area contributed by atoms with E-state index in [2.05, 4.69) is 22.9 Å². The molecule has 0 bridgehead atoms. The highest BCUT2D eigenvalue weighted by molar-refractivity contribution is 9.09. The number of hydrogen-bond acceptors (Lipinski definition) is 0. The van der Waals surface area contributed by atoms with Crippen LogP contribution in [0.25, 0.3) is 0 Å². The maximum atomic E-state index is 6.09. The zero-order chi connectivity index (χ0) is 11.3. The van der Waals surface area contributed by atoms with Gasteiger partial charge in [-0.05, 0) is 37.0 Å². The van der Waals surface area contributed by atoms with Gasteiger partial charge >= 0.3 is 0 Å². The van der Waals surface area contributed by atoms with Gasteiger partial charge in [-0.3, -0.25) is 0 Å². The van der Waals surface area contributed by atoms with Crippen molar-refractivity contribution >= 4 is 39.1 Å². The molecule has 0 spiro atoms. The summed E-state index contributed by atoms with van der Waals surface area (Å²) in [4.78, 5) is 0.565. The van der Waals surface area contributed by atoms with Gasteiger partial charge in [0.1, 0.15) is 0 Å². The van der Waals surface area contributed by atoms with Gasteiger partial charge in [-0.1, -0.05) is 58.5 Å². The summed E-state index contributed by atoms with van der Waals surface area (Å²) >= 11 is 15.8. The van der Waals surface area contributed by atoms with Crippen LogP contribution in [0, 0.1) is 0 Å². The van der Waals surface area contributed by atoms with Crippen LogP contribution in [-0.4, -0.2) is 4.83 Å². The van der Waals surface area contributed by atoms with Crippen molar-refractivity contribution in [3.05, 3.63) is 33.8 Å². The highest BCUT2D eigenvalue weighted by Crippen LogP contribution is 2.27. The summed E-state index contributed by atoms with van der Waals surface area (Å²) in [7, 11) is 0. The van der Waals surface area contributed by atoms with Crippen molar-refractivity contribution < 1.29 is 0 Å². The minimum atomic E-state index is 0.565. The lowest BCUT2D eigenvalue weighted by atomic mass is 10.1. The van der Waals surface area contributed by atoms with E-state index in [0.29, 0.717) is 4.83 Å². The maximum Gasteiger partial charge on any atom is 0.0452 e. The van der Waals surface area contributed by atoms with Gasteiger partial charge in [0.05, 0.1) is 0 Å². The Labute approximate surface area is 110 Å². The molecule has 1 rings (SSSR count).